The summed E-state index contributed by atoms with van der Waals surface area (Å²) >= 11 is 0. The fourth-order valence-electron chi connectivity index (χ4n) is 1.48. The van der Waals surface area contributed by atoms with Crippen molar-refractivity contribution in [1.82, 2.24) is 9.55 Å². The molecule has 0 aliphatic rings. The van der Waals surface area contributed by atoms with Crippen LogP contribution >= 0.6 is 0 Å². The number of pyridine rings is 2. The molecule has 0 aliphatic carbocycles. The van der Waals surface area contributed by atoms with E-state index in [2.05, 4.69) is 9.72 Å². The van der Waals surface area contributed by atoms with E-state index in [1.54, 1.807) is 24.4 Å². The Bertz CT molecular complexity index is 589. The van der Waals surface area contributed by atoms with Crippen molar-refractivity contribution >= 4 is 17.0 Å². The largest absolute Gasteiger partial charge is 0.468 e. The Morgan fingerprint density at radius 1 is 1.44 bits per heavy atom. The third-order valence-electron chi connectivity index (χ3n) is 2.27. The maximum atomic E-state index is 11.6. The van der Waals surface area contributed by atoms with Crippen molar-refractivity contribution in [2.45, 2.75) is 6.54 Å². The van der Waals surface area contributed by atoms with E-state index in [-0.39, 0.29) is 12.1 Å². The molecule has 5 nitrogen and oxygen atoms in total. The molecule has 2 heterocycles. The Morgan fingerprint density at radius 3 is 3.00 bits per heavy atom. The molecule has 0 N–H and O–H groups in total. The van der Waals surface area contributed by atoms with E-state index in [0.29, 0.717) is 11.0 Å². The zero-order valence-corrected chi connectivity index (χ0v) is 8.71. The molecule has 0 fully saturated rings. The lowest BCUT2D eigenvalue weighted by Gasteiger charge is -2.07. The van der Waals surface area contributed by atoms with E-state index in [4.69, 9.17) is 0 Å². The first-order valence-electron chi connectivity index (χ1n) is 4.74. The lowest BCUT2D eigenvalue weighted by Crippen LogP contribution is -2.24. The second-order valence-electron chi connectivity index (χ2n) is 3.24. The third-order valence-corrected chi connectivity index (χ3v) is 2.27. The normalized spacial score (nSPS) is 10.3. The Morgan fingerprint density at radius 2 is 2.25 bits per heavy atom. The van der Waals surface area contributed by atoms with Crippen molar-refractivity contribution in [3.05, 3.63) is 40.8 Å². The van der Waals surface area contributed by atoms with Crippen LogP contribution in [-0.4, -0.2) is 22.6 Å². The van der Waals surface area contributed by atoms with Gasteiger partial charge in [0, 0.05) is 12.3 Å². The maximum Gasteiger partial charge on any atom is 0.325 e. The molecule has 2 aromatic rings. The van der Waals surface area contributed by atoms with Gasteiger partial charge < -0.3 is 4.74 Å². The van der Waals surface area contributed by atoms with Gasteiger partial charge in [-0.15, -0.1) is 0 Å². The van der Waals surface area contributed by atoms with Crippen LogP contribution < -0.4 is 5.56 Å². The number of carbonyl (C=O) groups excluding carboxylic acids is 1. The zero-order valence-electron chi connectivity index (χ0n) is 8.71. The Labute approximate surface area is 91.3 Å². The van der Waals surface area contributed by atoms with E-state index < -0.39 is 5.97 Å². The molecule has 2 aromatic heterocycles. The molecule has 0 spiro atoms. The summed E-state index contributed by atoms with van der Waals surface area (Å²) in [5.41, 5.74) is 1.05. The van der Waals surface area contributed by atoms with Gasteiger partial charge >= 0.3 is 5.97 Å². The number of ether oxygens (including phenoxy) is 1. The topological polar surface area (TPSA) is 61.2 Å². The molecule has 16 heavy (non-hydrogen) atoms. The van der Waals surface area contributed by atoms with Crippen LogP contribution in [0.5, 0.6) is 0 Å². The van der Waals surface area contributed by atoms with Gasteiger partial charge in [-0.25, -0.2) is 0 Å². The molecular formula is C11H10N2O3. The highest BCUT2D eigenvalue weighted by Crippen LogP contribution is 2.07. The first-order valence-corrected chi connectivity index (χ1v) is 4.74. The fraction of sp³-hybridized carbons (Fsp3) is 0.182. The highest BCUT2D eigenvalue weighted by Gasteiger charge is 2.07. The predicted octanol–water partition coefficient (Wildman–Crippen LogP) is 0.569. The highest BCUT2D eigenvalue weighted by molar-refractivity contribution is 5.77. The molecule has 0 radical (unpaired) electrons. The standard InChI is InChI=1S/C11H10N2O3/c1-16-11(15)7-13-9-3-2-6-12-8(9)4-5-10(13)14/h2-6H,7H2,1H3. The molecule has 0 saturated heterocycles. The third kappa shape index (κ3) is 1.79. The van der Waals surface area contributed by atoms with Crippen molar-refractivity contribution in [3.63, 3.8) is 0 Å². The van der Waals surface area contributed by atoms with Crippen molar-refractivity contribution in [3.8, 4) is 0 Å². The second kappa shape index (κ2) is 4.14. The summed E-state index contributed by atoms with van der Waals surface area (Å²) in [6, 6.07) is 6.48. The van der Waals surface area contributed by atoms with Crippen molar-refractivity contribution in [1.29, 1.82) is 0 Å². The van der Waals surface area contributed by atoms with Gasteiger partial charge in [-0.05, 0) is 18.2 Å². The average molecular weight is 218 g/mol. The van der Waals surface area contributed by atoms with Gasteiger partial charge in [-0.1, -0.05) is 0 Å². The quantitative estimate of drug-likeness (QED) is 0.691. The van der Waals surface area contributed by atoms with Gasteiger partial charge in [0.2, 0.25) is 0 Å². The first-order chi connectivity index (χ1) is 7.72. The minimum Gasteiger partial charge on any atom is -0.468 e. The lowest BCUT2D eigenvalue weighted by atomic mass is 10.3. The SMILES string of the molecule is COC(=O)Cn1c(=O)ccc2ncccc21. The summed E-state index contributed by atoms with van der Waals surface area (Å²) < 4.78 is 5.88. The van der Waals surface area contributed by atoms with Gasteiger partial charge in [-0.2, -0.15) is 0 Å². The minimum atomic E-state index is -0.460. The van der Waals surface area contributed by atoms with Crippen LogP contribution in [-0.2, 0) is 16.1 Å². The number of hydrogen-bond donors (Lipinski definition) is 0. The number of carbonyl (C=O) groups is 1. The van der Waals surface area contributed by atoms with E-state index in [1.807, 2.05) is 0 Å². The number of aromatic nitrogens is 2. The van der Waals surface area contributed by atoms with E-state index in [0.717, 1.165) is 0 Å². The summed E-state index contributed by atoms with van der Waals surface area (Å²) in [6.07, 6.45) is 1.63. The summed E-state index contributed by atoms with van der Waals surface area (Å²) in [5, 5.41) is 0. The molecular weight excluding hydrogens is 208 g/mol. The van der Waals surface area contributed by atoms with Crippen LogP contribution in [0.25, 0.3) is 11.0 Å². The molecule has 5 heteroatoms. The Kier molecular flexibility index (Phi) is 2.68. The molecule has 0 atom stereocenters. The number of nitrogens with zero attached hydrogens (tertiary/aromatic N) is 2. The van der Waals surface area contributed by atoms with Gasteiger partial charge in [0.25, 0.3) is 5.56 Å². The molecule has 0 aliphatic heterocycles. The van der Waals surface area contributed by atoms with Gasteiger partial charge in [0.1, 0.15) is 6.54 Å². The molecule has 2 rings (SSSR count). The van der Waals surface area contributed by atoms with Crippen molar-refractivity contribution in [2.24, 2.45) is 0 Å². The van der Waals surface area contributed by atoms with Crippen molar-refractivity contribution in [2.75, 3.05) is 7.11 Å². The summed E-state index contributed by atoms with van der Waals surface area (Å²) in [7, 11) is 1.29. The maximum absolute atomic E-state index is 11.6. The van der Waals surface area contributed by atoms with Gasteiger partial charge in [-0.3, -0.25) is 19.1 Å². The van der Waals surface area contributed by atoms with Crippen LogP contribution in [0, 0.1) is 0 Å². The molecule has 0 bridgehead atoms. The van der Waals surface area contributed by atoms with E-state index in [9.17, 15) is 9.59 Å². The number of rotatable bonds is 2. The molecule has 0 amide bonds. The fourth-order valence-corrected chi connectivity index (χ4v) is 1.48. The van der Waals surface area contributed by atoms with E-state index >= 15 is 0 Å². The summed E-state index contributed by atoms with van der Waals surface area (Å²) in [5.74, 6) is -0.460. The monoisotopic (exact) mass is 218 g/mol. The van der Waals surface area contributed by atoms with Gasteiger partial charge in [0.15, 0.2) is 0 Å². The molecule has 0 saturated carbocycles. The lowest BCUT2D eigenvalue weighted by molar-refractivity contribution is -0.141. The predicted molar refractivity (Wildman–Crippen MR) is 58.0 cm³/mol. The number of esters is 1. The van der Waals surface area contributed by atoms with Crippen LogP contribution in [0.4, 0.5) is 0 Å². The number of fused-ring (bicyclic) bond motifs is 1. The van der Waals surface area contributed by atoms with Gasteiger partial charge in [0.05, 0.1) is 18.1 Å². The average Bonchev–Trinajstić information content (AvgIpc) is 2.32. The first kappa shape index (κ1) is 10.4. The van der Waals surface area contributed by atoms with Crippen LogP contribution in [0.15, 0.2) is 35.3 Å². The number of methoxy groups -OCH3 is 1. The number of hydrogen-bond acceptors (Lipinski definition) is 4. The highest BCUT2D eigenvalue weighted by atomic mass is 16.5. The zero-order chi connectivity index (χ0) is 11.5. The van der Waals surface area contributed by atoms with E-state index in [1.165, 1.54) is 17.7 Å². The van der Waals surface area contributed by atoms with Crippen LogP contribution in [0.3, 0.4) is 0 Å². The Hall–Kier alpha value is -2.17. The summed E-state index contributed by atoms with van der Waals surface area (Å²) in [6.45, 7) is -0.0988. The second-order valence-corrected chi connectivity index (χ2v) is 3.24. The smallest absolute Gasteiger partial charge is 0.325 e. The van der Waals surface area contributed by atoms with Crippen LogP contribution in [0.1, 0.15) is 0 Å². The molecule has 82 valence electrons. The summed E-state index contributed by atoms with van der Waals surface area (Å²) in [4.78, 5) is 26.9. The van der Waals surface area contributed by atoms with Crippen LogP contribution in [0.2, 0.25) is 0 Å². The van der Waals surface area contributed by atoms with Crippen molar-refractivity contribution < 1.29 is 9.53 Å². The molecule has 0 unspecified atom stereocenters. The molecule has 0 aromatic carbocycles. The Balaban J connectivity index is 2.61. The minimum absolute atomic E-state index is 0.0988.